The van der Waals surface area contributed by atoms with Gasteiger partial charge in [0.25, 0.3) is 0 Å². The molecule has 3 nitrogen and oxygen atoms in total. The van der Waals surface area contributed by atoms with Crippen LogP contribution in [0.15, 0.2) is 30.3 Å². The van der Waals surface area contributed by atoms with Crippen molar-refractivity contribution >= 4 is 0 Å². The van der Waals surface area contributed by atoms with Crippen LogP contribution in [0.3, 0.4) is 0 Å². The molecule has 0 aliphatic carbocycles. The van der Waals surface area contributed by atoms with Crippen LogP contribution in [-0.2, 0) is 4.74 Å². The van der Waals surface area contributed by atoms with Crippen molar-refractivity contribution in [2.45, 2.75) is 13.0 Å². The molecule has 1 aliphatic rings. The third-order valence-corrected chi connectivity index (χ3v) is 3.17. The number of nitrogens with zero attached hydrogens (tertiary/aromatic N) is 1. The van der Waals surface area contributed by atoms with Crippen LogP contribution in [-0.4, -0.2) is 44.2 Å². The Hall–Kier alpha value is -0.900. The molecule has 1 heterocycles. The summed E-state index contributed by atoms with van der Waals surface area (Å²) < 4.78 is 5.87. The van der Waals surface area contributed by atoms with Crippen molar-refractivity contribution in [3.63, 3.8) is 0 Å². The minimum absolute atomic E-state index is 0.208. The summed E-state index contributed by atoms with van der Waals surface area (Å²) in [7, 11) is 0. The Morgan fingerprint density at radius 1 is 1.24 bits per heavy atom. The molecule has 0 saturated carbocycles. The Morgan fingerprint density at radius 2 is 1.94 bits per heavy atom. The fraction of sp³-hybridized carbons (Fsp3) is 0.571. The number of hydrogen-bond acceptors (Lipinski definition) is 3. The topological polar surface area (TPSA) is 24.5 Å². The number of hydrogen-bond donors (Lipinski definition) is 1. The summed E-state index contributed by atoms with van der Waals surface area (Å²) in [5, 5.41) is 3.38. The first-order valence-corrected chi connectivity index (χ1v) is 6.49. The average molecular weight is 234 g/mol. The molecule has 0 spiro atoms. The van der Waals surface area contributed by atoms with Crippen molar-refractivity contribution in [3.8, 4) is 0 Å². The lowest BCUT2D eigenvalue weighted by atomic mass is 10.1. The second kappa shape index (κ2) is 6.74. The molecule has 0 amide bonds. The zero-order valence-electron chi connectivity index (χ0n) is 10.6. The first kappa shape index (κ1) is 12.6. The molecular weight excluding hydrogens is 212 g/mol. The summed E-state index contributed by atoms with van der Waals surface area (Å²) in [6, 6.07) is 10.5. The molecule has 1 atom stereocenters. The summed E-state index contributed by atoms with van der Waals surface area (Å²) in [6.07, 6.45) is 0.208. The molecule has 1 N–H and O–H groups in total. The normalized spacial score (nSPS) is 19.1. The Bertz CT molecular complexity index is 309. The zero-order chi connectivity index (χ0) is 11.9. The molecule has 2 rings (SSSR count). The SMILES string of the molecule is CCOC(CN1CCNCC1)c1ccccc1. The molecule has 0 aromatic heterocycles. The lowest BCUT2D eigenvalue weighted by Gasteiger charge is -2.31. The van der Waals surface area contributed by atoms with Crippen LogP contribution in [0.5, 0.6) is 0 Å². The third-order valence-electron chi connectivity index (χ3n) is 3.17. The van der Waals surface area contributed by atoms with Crippen molar-refractivity contribution in [1.82, 2.24) is 10.2 Å². The predicted molar refractivity (Wildman–Crippen MR) is 70.1 cm³/mol. The van der Waals surface area contributed by atoms with Crippen molar-refractivity contribution in [1.29, 1.82) is 0 Å². The Labute approximate surface area is 104 Å². The van der Waals surface area contributed by atoms with E-state index in [1.54, 1.807) is 0 Å². The molecule has 94 valence electrons. The summed E-state index contributed by atoms with van der Waals surface area (Å²) in [6.45, 7) is 8.26. The minimum atomic E-state index is 0.208. The van der Waals surface area contributed by atoms with Gasteiger partial charge < -0.3 is 10.1 Å². The van der Waals surface area contributed by atoms with Gasteiger partial charge in [-0.3, -0.25) is 4.90 Å². The molecule has 1 aromatic rings. The average Bonchev–Trinajstić information content (AvgIpc) is 2.40. The molecule has 0 bridgehead atoms. The van der Waals surface area contributed by atoms with E-state index in [1.807, 2.05) is 0 Å². The fourth-order valence-electron chi connectivity index (χ4n) is 2.25. The van der Waals surface area contributed by atoms with Crippen LogP contribution in [0.25, 0.3) is 0 Å². The maximum atomic E-state index is 5.87. The van der Waals surface area contributed by atoms with Gasteiger partial charge in [0.2, 0.25) is 0 Å². The van der Waals surface area contributed by atoms with Crippen molar-refractivity contribution in [2.75, 3.05) is 39.3 Å². The van der Waals surface area contributed by atoms with Crippen LogP contribution in [0.1, 0.15) is 18.6 Å². The van der Waals surface area contributed by atoms with Crippen LogP contribution < -0.4 is 5.32 Å². The highest BCUT2D eigenvalue weighted by Gasteiger charge is 2.17. The second-order valence-electron chi connectivity index (χ2n) is 4.41. The minimum Gasteiger partial charge on any atom is -0.372 e. The molecule has 17 heavy (non-hydrogen) atoms. The van der Waals surface area contributed by atoms with E-state index in [1.165, 1.54) is 5.56 Å². The van der Waals surface area contributed by atoms with E-state index in [0.717, 1.165) is 39.3 Å². The van der Waals surface area contributed by atoms with Crippen LogP contribution in [0, 0.1) is 0 Å². The highest BCUT2D eigenvalue weighted by molar-refractivity contribution is 5.18. The van der Waals surface area contributed by atoms with E-state index in [2.05, 4.69) is 47.5 Å². The van der Waals surface area contributed by atoms with Gasteiger partial charge >= 0.3 is 0 Å². The number of benzene rings is 1. The van der Waals surface area contributed by atoms with Gasteiger partial charge in [-0.05, 0) is 12.5 Å². The lowest BCUT2D eigenvalue weighted by Crippen LogP contribution is -2.45. The van der Waals surface area contributed by atoms with E-state index in [0.29, 0.717) is 0 Å². The Kier molecular flexibility index (Phi) is 4.98. The quantitative estimate of drug-likeness (QED) is 0.838. The monoisotopic (exact) mass is 234 g/mol. The highest BCUT2D eigenvalue weighted by atomic mass is 16.5. The smallest absolute Gasteiger partial charge is 0.0951 e. The molecule has 0 radical (unpaired) electrons. The summed E-state index contributed by atoms with van der Waals surface area (Å²) in [4.78, 5) is 2.48. The van der Waals surface area contributed by atoms with Gasteiger partial charge in [-0.2, -0.15) is 0 Å². The summed E-state index contributed by atoms with van der Waals surface area (Å²) >= 11 is 0. The number of ether oxygens (including phenoxy) is 1. The zero-order valence-corrected chi connectivity index (χ0v) is 10.6. The van der Waals surface area contributed by atoms with Gasteiger partial charge in [-0.1, -0.05) is 30.3 Å². The van der Waals surface area contributed by atoms with Crippen molar-refractivity contribution in [3.05, 3.63) is 35.9 Å². The number of nitrogens with one attached hydrogen (secondary N) is 1. The van der Waals surface area contributed by atoms with Gasteiger partial charge in [-0.15, -0.1) is 0 Å². The largest absolute Gasteiger partial charge is 0.372 e. The van der Waals surface area contributed by atoms with E-state index in [9.17, 15) is 0 Å². The van der Waals surface area contributed by atoms with Crippen LogP contribution in [0.4, 0.5) is 0 Å². The van der Waals surface area contributed by atoms with Crippen molar-refractivity contribution in [2.24, 2.45) is 0 Å². The molecule has 1 aliphatic heterocycles. The standard InChI is InChI=1S/C14H22N2O/c1-2-17-14(13-6-4-3-5-7-13)12-16-10-8-15-9-11-16/h3-7,14-15H,2,8-12H2,1H3. The maximum Gasteiger partial charge on any atom is 0.0951 e. The number of piperazine rings is 1. The van der Waals surface area contributed by atoms with E-state index >= 15 is 0 Å². The summed E-state index contributed by atoms with van der Waals surface area (Å²) in [5.74, 6) is 0. The second-order valence-corrected chi connectivity index (χ2v) is 4.41. The molecule has 1 fully saturated rings. The van der Waals surface area contributed by atoms with Gasteiger partial charge in [0, 0.05) is 39.3 Å². The molecular formula is C14H22N2O. The van der Waals surface area contributed by atoms with E-state index in [-0.39, 0.29) is 6.10 Å². The Morgan fingerprint density at radius 3 is 2.59 bits per heavy atom. The first-order chi connectivity index (χ1) is 8.40. The molecule has 1 unspecified atom stereocenters. The van der Waals surface area contributed by atoms with Crippen molar-refractivity contribution < 1.29 is 4.74 Å². The van der Waals surface area contributed by atoms with Crippen LogP contribution in [0.2, 0.25) is 0 Å². The van der Waals surface area contributed by atoms with Gasteiger partial charge in [-0.25, -0.2) is 0 Å². The highest BCUT2D eigenvalue weighted by Crippen LogP contribution is 2.18. The van der Waals surface area contributed by atoms with E-state index < -0.39 is 0 Å². The lowest BCUT2D eigenvalue weighted by molar-refractivity contribution is 0.0296. The molecule has 3 heteroatoms. The molecule has 1 saturated heterocycles. The Balaban J connectivity index is 1.96. The third kappa shape index (κ3) is 3.80. The fourth-order valence-corrected chi connectivity index (χ4v) is 2.25. The first-order valence-electron chi connectivity index (χ1n) is 6.49. The predicted octanol–water partition coefficient (Wildman–Crippen LogP) is 1.67. The molecule has 1 aromatic carbocycles. The van der Waals surface area contributed by atoms with Gasteiger partial charge in [0.05, 0.1) is 6.10 Å². The maximum absolute atomic E-state index is 5.87. The van der Waals surface area contributed by atoms with Gasteiger partial charge in [0.1, 0.15) is 0 Å². The van der Waals surface area contributed by atoms with Gasteiger partial charge in [0.15, 0.2) is 0 Å². The number of rotatable bonds is 5. The van der Waals surface area contributed by atoms with Crippen LogP contribution >= 0.6 is 0 Å². The van der Waals surface area contributed by atoms with E-state index in [4.69, 9.17) is 4.74 Å². The summed E-state index contributed by atoms with van der Waals surface area (Å²) in [5.41, 5.74) is 1.29.